The highest BCUT2D eigenvalue weighted by Gasteiger charge is 2.11. The third-order valence-corrected chi connectivity index (χ3v) is 2.57. The first kappa shape index (κ1) is 9.47. The molecular weight excluding hydrogens is 236 g/mol. The Balaban J connectivity index is 2.59. The lowest BCUT2D eigenvalue weighted by molar-refractivity contribution is 0.510. The Morgan fingerprint density at radius 2 is 1.94 bits per heavy atom. The number of nitrogens with zero attached hydrogens (tertiary/aromatic N) is 3. The van der Waals surface area contributed by atoms with Crippen molar-refractivity contribution in [1.82, 2.24) is 14.4 Å². The molecule has 0 N–H and O–H groups in total. The van der Waals surface area contributed by atoms with E-state index in [1.54, 1.807) is 10.6 Å². The van der Waals surface area contributed by atoms with Gasteiger partial charge in [0.15, 0.2) is 22.4 Å². The van der Waals surface area contributed by atoms with Crippen LogP contribution in [0.1, 0.15) is 0 Å². The van der Waals surface area contributed by atoms with Gasteiger partial charge >= 0.3 is 0 Å². The SMILES string of the molecule is Fc1cc2nc(Cl)c3nccn3c2cc1F. The van der Waals surface area contributed by atoms with E-state index >= 15 is 0 Å². The Bertz CT molecular complexity index is 708. The van der Waals surface area contributed by atoms with Crippen molar-refractivity contribution in [1.29, 1.82) is 0 Å². The van der Waals surface area contributed by atoms with Gasteiger partial charge in [0.25, 0.3) is 0 Å². The molecule has 0 fully saturated rings. The normalized spacial score (nSPS) is 11.4. The van der Waals surface area contributed by atoms with Crippen molar-refractivity contribution in [2.24, 2.45) is 0 Å². The van der Waals surface area contributed by atoms with Gasteiger partial charge in [0.2, 0.25) is 0 Å². The van der Waals surface area contributed by atoms with Gasteiger partial charge in [-0.1, -0.05) is 11.6 Å². The number of benzene rings is 1. The summed E-state index contributed by atoms with van der Waals surface area (Å²) in [5, 5.41) is 0.156. The van der Waals surface area contributed by atoms with Gasteiger partial charge < -0.3 is 0 Å². The molecular formula is C10H4ClF2N3. The molecule has 0 unspecified atom stereocenters. The highest BCUT2D eigenvalue weighted by atomic mass is 35.5. The van der Waals surface area contributed by atoms with Crippen molar-refractivity contribution in [3.05, 3.63) is 41.3 Å². The molecule has 80 valence electrons. The molecule has 3 rings (SSSR count). The van der Waals surface area contributed by atoms with Crippen molar-refractivity contribution in [2.75, 3.05) is 0 Å². The Hall–Kier alpha value is -1.75. The highest BCUT2D eigenvalue weighted by Crippen LogP contribution is 2.22. The molecule has 0 saturated heterocycles. The summed E-state index contributed by atoms with van der Waals surface area (Å²) in [4.78, 5) is 7.93. The number of halogens is 3. The largest absolute Gasteiger partial charge is 0.295 e. The van der Waals surface area contributed by atoms with Gasteiger partial charge in [-0.05, 0) is 0 Å². The molecule has 0 amide bonds. The monoisotopic (exact) mass is 239 g/mol. The molecule has 0 radical (unpaired) electrons. The average Bonchev–Trinajstić information content (AvgIpc) is 2.71. The fourth-order valence-electron chi connectivity index (χ4n) is 1.61. The van der Waals surface area contributed by atoms with Crippen LogP contribution in [0.4, 0.5) is 8.78 Å². The van der Waals surface area contributed by atoms with Gasteiger partial charge in [-0.3, -0.25) is 4.40 Å². The van der Waals surface area contributed by atoms with Crippen LogP contribution < -0.4 is 0 Å². The summed E-state index contributed by atoms with van der Waals surface area (Å²) in [6.07, 6.45) is 3.13. The Morgan fingerprint density at radius 3 is 2.75 bits per heavy atom. The zero-order chi connectivity index (χ0) is 11.3. The summed E-state index contributed by atoms with van der Waals surface area (Å²) in [5.41, 5.74) is 1.13. The minimum atomic E-state index is -0.949. The summed E-state index contributed by atoms with van der Waals surface area (Å²) in [7, 11) is 0. The van der Waals surface area contributed by atoms with E-state index in [1.165, 1.54) is 6.20 Å². The molecule has 0 bridgehead atoms. The Kier molecular flexibility index (Phi) is 1.85. The lowest BCUT2D eigenvalue weighted by atomic mass is 10.3. The first-order valence-electron chi connectivity index (χ1n) is 4.44. The summed E-state index contributed by atoms with van der Waals surface area (Å²) in [6.45, 7) is 0. The van der Waals surface area contributed by atoms with Gasteiger partial charge in [-0.15, -0.1) is 0 Å². The molecule has 0 saturated carbocycles. The van der Waals surface area contributed by atoms with E-state index in [2.05, 4.69) is 9.97 Å². The van der Waals surface area contributed by atoms with Crippen LogP contribution in [0, 0.1) is 11.6 Å². The first-order chi connectivity index (χ1) is 7.66. The first-order valence-corrected chi connectivity index (χ1v) is 4.82. The maximum atomic E-state index is 13.1. The number of fused-ring (bicyclic) bond motifs is 3. The van der Waals surface area contributed by atoms with Crippen LogP contribution in [0.25, 0.3) is 16.7 Å². The fraction of sp³-hybridized carbons (Fsp3) is 0. The smallest absolute Gasteiger partial charge is 0.175 e. The van der Waals surface area contributed by atoms with Crippen LogP contribution in [0.2, 0.25) is 5.15 Å². The van der Waals surface area contributed by atoms with Crippen molar-refractivity contribution in [3.8, 4) is 0 Å². The fourth-order valence-corrected chi connectivity index (χ4v) is 1.85. The zero-order valence-electron chi connectivity index (χ0n) is 7.78. The van der Waals surface area contributed by atoms with Crippen molar-refractivity contribution in [2.45, 2.75) is 0 Å². The van der Waals surface area contributed by atoms with Crippen LogP contribution in [0.3, 0.4) is 0 Å². The second-order valence-corrected chi connectivity index (χ2v) is 3.64. The average molecular weight is 240 g/mol. The lowest BCUT2D eigenvalue weighted by Crippen LogP contribution is -1.95. The van der Waals surface area contributed by atoms with E-state index in [1.807, 2.05) is 0 Å². The summed E-state index contributed by atoms with van der Waals surface area (Å²) >= 11 is 5.86. The molecule has 3 nitrogen and oxygen atoms in total. The summed E-state index contributed by atoms with van der Waals surface area (Å²) in [6, 6.07) is 2.08. The minimum Gasteiger partial charge on any atom is -0.295 e. The third kappa shape index (κ3) is 1.18. The zero-order valence-corrected chi connectivity index (χ0v) is 8.54. The van der Waals surface area contributed by atoms with Gasteiger partial charge in [0.1, 0.15) is 0 Å². The van der Waals surface area contributed by atoms with Gasteiger partial charge in [-0.2, -0.15) is 0 Å². The number of imidazole rings is 1. The van der Waals surface area contributed by atoms with E-state index in [-0.39, 0.29) is 10.7 Å². The lowest BCUT2D eigenvalue weighted by Gasteiger charge is -2.03. The molecule has 0 atom stereocenters. The predicted molar refractivity (Wildman–Crippen MR) is 55.4 cm³/mol. The summed E-state index contributed by atoms with van der Waals surface area (Å²) < 4.78 is 27.7. The second-order valence-electron chi connectivity index (χ2n) is 3.28. The van der Waals surface area contributed by atoms with E-state index in [9.17, 15) is 8.78 Å². The number of hydrogen-bond acceptors (Lipinski definition) is 2. The molecule has 0 spiro atoms. The molecule has 6 heteroatoms. The molecule has 16 heavy (non-hydrogen) atoms. The van der Waals surface area contributed by atoms with E-state index in [0.29, 0.717) is 11.2 Å². The van der Waals surface area contributed by atoms with Gasteiger partial charge in [0, 0.05) is 24.5 Å². The number of hydrogen-bond donors (Lipinski definition) is 0. The van der Waals surface area contributed by atoms with Crippen molar-refractivity contribution in [3.63, 3.8) is 0 Å². The molecule has 2 aromatic heterocycles. The van der Waals surface area contributed by atoms with E-state index in [4.69, 9.17) is 11.6 Å². The molecule has 2 heterocycles. The third-order valence-electron chi connectivity index (χ3n) is 2.32. The van der Waals surface area contributed by atoms with Crippen molar-refractivity contribution < 1.29 is 8.78 Å². The Labute approximate surface area is 93.3 Å². The maximum Gasteiger partial charge on any atom is 0.175 e. The molecule has 0 aliphatic carbocycles. The quantitative estimate of drug-likeness (QED) is 0.604. The summed E-state index contributed by atoms with van der Waals surface area (Å²) in [5.74, 6) is -1.87. The van der Waals surface area contributed by atoms with Crippen LogP contribution in [-0.4, -0.2) is 14.4 Å². The van der Waals surface area contributed by atoms with Crippen LogP contribution in [-0.2, 0) is 0 Å². The van der Waals surface area contributed by atoms with Crippen molar-refractivity contribution >= 4 is 28.3 Å². The molecule has 0 aliphatic rings. The van der Waals surface area contributed by atoms with Crippen LogP contribution >= 0.6 is 11.6 Å². The molecule has 0 aliphatic heterocycles. The minimum absolute atomic E-state index is 0.156. The molecule has 3 aromatic rings. The van der Waals surface area contributed by atoms with E-state index < -0.39 is 11.6 Å². The topological polar surface area (TPSA) is 30.2 Å². The molecule has 1 aromatic carbocycles. The number of rotatable bonds is 0. The van der Waals surface area contributed by atoms with E-state index in [0.717, 1.165) is 12.1 Å². The standard InChI is InChI=1S/C10H4ClF2N3/c11-9-10-14-1-2-16(10)8-4-6(13)5(12)3-7(8)15-9/h1-4H. The predicted octanol–water partition coefficient (Wildman–Crippen LogP) is 2.81. The van der Waals surface area contributed by atoms with Gasteiger partial charge in [-0.25, -0.2) is 18.7 Å². The highest BCUT2D eigenvalue weighted by molar-refractivity contribution is 6.32. The second kappa shape index (κ2) is 3.12. The van der Waals surface area contributed by atoms with Gasteiger partial charge in [0.05, 0.1) is 11.0 Å². The van der Waals surface area contributed by atoms with Crippen LogP contribution in [0.5, 0.6) is 0 Å². The number of aromatic nitrogens is 3. The van der Waals surface area contributed by atoms with Crippen LogP contribution in [0.15, 0.2) is 24.5 Å². The Morgan fingerprint density at radius 1 is 1.19 bits per heavy atom. The maximum absolute atomic E-state index is 13.1.